The summed E-state index contributed by atoms with van der Waals surface area (Å²) in [5.74, 6) is -4.31. The summed E-state index contributed by atoms with van der Waals surface area (Å²) in [5.41, 5.74) is -3.60. The van der Waals surface area contributed by atoms with Gasteiger partial charge in [-0.2, -0.15) is 42.1 Å². The summed E-state index contributed by atoms with van der Waals surface area (Å²) in [7, 11) is 0. The highest BCUT2D eigenvalue weighted by Gasteiger charge is 2.44. The fourth-order valence-electron chi connectivity index (χ4n) is 6.51. The van der Waals surface area contributed by atoms with Gasteiger partial charge in [-0.15, -0.1) is 0 Å². The number of rotatable bonds is 4. The van der Waals surface area contributed by atoms with Crippen molar-refractivity contribution >= 4 is 22.3 Å². The highest BCUT2D eigenvalue weighted by molar-refractivity contribution is 6.17. The lowest BCUT2D eigenvalue weighted by Crippen LogP contribution is -2.03. The standard InChI is InChI=1S/C42H12F4N8/c43-29-7-25(8-30(44)11-29)33(17-51)39-37(21-1-3-23(13-47)27(5-21)15-49)35(19-53)41-40(34(18-52)26-9-31(45)12-32(46)10-26)38(36(20-54)42(39)41)22-2-4-24(14-48)28(6-22)16-50/h1-12H/b39-33-,40-34-. The first kappa shape index (κ1) is 35.1. The first-order valence-electron chi connectivity index (χ1n) is 15.2. The molecule has 248 valence electrons. The van der Waals surface area contributed by atoms with Gasteiger partial charge in [-0.05, 0) is 70.8 Å². The molecule has 0 fully saturated rings. The minimum absolute atomic E-state index is 0.0495. The molecule has 0 N–H and O–H groups in total. The Kier molecular flexibility index (Phi) is 8.99. The molecule has 12 heteroatoms. The molecule has 0 amide bonds. The van der Waals surface area contributed by atoms with Crippen LogP contribution in [-0.4, -0.2) is 0 Å². The summed E-state index contributed by atoms with van der Waals surface area (Å²) >= 11 is 0. The van der Waals surface area contributed by atoms with E-state index in [1.54, 1.807) is 0 Å². The maximum absolute atomic E-state index is 14.7. The lowest BCUT2D eigenvalue weighted by Gasteiger charge is -2.18. The van der Waals surface area contributed by atoms with E-state index in [1.165, 1.54) is 36.4 Å². The second kappa shape index (κ2) is 13.9. The molecule has 0 unspecified atom stereocenters. The van der Waals surface area contributed by atoms with Crippen LogP contribution in [0, 0.1) is 114 Å². The third kappa shape index (κ3) is 5.61. The average molecular weight is 705 g/mol. The second-order valence-electron chi connectivity index (χ2n) is 11.5. The molecular weight excluding hydrogens is 693 g/mol. The number of halogens is 4. The first-order valence-corrected chi connectivity index (χ1v) is 15.2. The van der Waals surface area contributed by atoms with Crippen molar-refractivity contribution < 1.29 is 17.6 Å². The van der Waals surface area contributed by atoms with Crippen molar-refractivity contribution in [3.8, 4) is 48.6 Å². The summed E-state index contributed by atoms with van der Waals surface area (Å²) in [5, 5.41) is 82.1. The molecule has 4 aromatic rings. The van der Waals surface area contributed by atoms with Crippen molar-refractivity contribution in [1.82, 2.24) is 0 Å². The smallest absolute Gasteiger partial charge is 0.126 e. The molecule has 54 heavy (non-hydrogen) atoms. The molecular formula is C42H12F4N8. The van der Waals surface area contributed by atoms with Crippen molar-refractivity contribution in [3.05, 3.63) is 174 Å². The molecule has 0 heterocycles. The van der Waals surface area contributed by atoms with Crippen LogP contribution in [-0.2, 0) is 0 Å². The van der Waals surface area contributed by atoms with E-state index in [2.05, 4.69) is 0 Å². The Morgan fingerprint density at radius 2 is 0.704 bits per heavy atom. The zero-order valence-corrected chi connectivity index (χ0v) is 27.0. The van der Waals surface area contributed by atoms with E-state index in [9.17, 15) is 59.7 Å². The normalized spacial score (nSPS) is 14.7. The minimum Gasteiger partial charge on any atom is -0.207 e. The van der Waals surface area contributed by atoms with Gasteiger partial charge in [0, 0.05) is 45.6 Å². The van der Waals surface area contributed by atoms with Crippen LogP contribution in [0.4, 0.5) is 17.6 Å². The Labute approximate surface area is 304 Å². The Morgan fingerprint density at radius 3 is 0.981 bits per heavy atom. The quantitative estimate of drug-likeness (QED) is 0.150. The maximum Gasteiger partial charge on any atom is 0.126 e. The molecule has 0 radical (unpaired) electrons. The van der Waals surface area contributed by atoms with E-state index in [1.807, 2.05) is 48.6 Å². The predicted octanol–water partition coefficient (Wildman–Crippen LogP) is 8.26. The average Bonchev–Trinajstić information content (AvgIpc) is 3.66. The van der Waals surface area contributed by atoms with Gasteiger partial charge >= 0.3 is 0 Å². The third-order valence-electron chi connectivity index (χ3n) is 8.60. The van der Waals surface area contributed by atoms with E-state index < -0.39 is 34.4 Å². The van der Waals surface area contributed by atoms with Crippen LogP contribution in [0.25, 0.3) is 22.3 Å². The molecule has 0 saturated carbocycles. The molecule has 4 aromatic carbocycles. The number of benzene rings is 4. The summed E-state index contributed by atoms with van der Waals surface area (Å²) in [4.78, 5) is 0. The lowest BCUT2D eigenvalue weighted by atomic mass is 9.82. The topological polar surface area (TPSA) is 190 Å². The van der Waals surface area contributed by atoms with Crippen LogP contribution in [0.5, 0.6) is 0 Å². The fourth-order valence-corrected chi connectivity index (χ4v) is 6.51. The second-order valence-corrected chi connectivity index (χ2v) is 11.5. The Hall–Kier alpha value is -8.78. The van der Waals surface area contributed by atoms with Gasteiger partial charge in [0.25, 0.3) is 0 Å². The summed E-state index contributed by atoms with van der Waals surface area (Å²) in [6.07, 6.45) is 0. The molecule has 8 nitrogen and oxygen atoms in total. The number of nitriles is 8. The van der Waals surface area contributed by atoms with Gasteiger partial charge in [0.1, 0.15) is 71.8 Å². The van der Waals surface area contributed by atoms with Gasteiger partial charge < -0.3 is 0 Å². The zero-order valence-electron chi connectivity index (χ0n) is 27.0. The van der Waals surface area contributed by atoms with Crippen LogP contribution >= 0.6 is 0 Å². The van der Waals surface area contributed by atoms with E-state index in [0.717, 1.165) is 24.3 Å². The molecule has 2 aliphatic carbocycles. The number of allylic oxidation sites excluding steroid dienone is 10. The van der Waals surface area contributed by atoms with Crippen LogP contribution < -0.4 is 0 Å². The monoisotopic (exact) mass is 704 g/mol. The fraction of sp³-hybridized carbons (Fsp3) is 0. The lowest BCUT2D eigenvalue weighted by molar-refractivity contribution is 0.582. The molecule has 2 aliphatic rings. The molecule has 0 bridgehead atoms. The van der Waals surface area contributed by atoms with E-state index in [-0.39, 0.29) is 89.1 Å². The van der Waals surface area contributed by atoms with Gasteiger partial charge in [0.2, 0.25) is 0 Å². The van der Waals surface area contributed by atoms with Gasteiger partial charge in [0.15, 0.2) is 0 Å². The molecule has 6 rings (SSSR count). The Bertz CT molecular complexity index is 2720. The van der Waals surface area contributed by atoms with Crippen LogP contribution in [0.3, 0.4) is 0 Å². The Balaban J connectivity index is 1.90. The van der Waals surface area contributed by atoms with Crippen molar-refractivity contribution in [2.75, 3.05) is 0 Å². The molecule has 0 saturated heterocycles. The summed E-state index contributed by atoms with van der Waals surface area (Å²) in [6, 6.07) is 27.6. The van der Waals surface area contributed by atoms with Crippen molar-refractivity contribution in [2.45, 2.75) is 0 Å². The first-order chi connectivity index (χ1) is 26.1. The molecule has 0 atom stereocenters. The SMILES string of the molecule is N#CC1=C(c2ccc(C#N)c(C#N)c2)/C(=C(\C#N)c2cc(F)cc(F)c2)C2=C1/C(=C(/C#N)c1cc(F)cc(F)c1)C(c1ccc(C#N)c(C#N)c1)=C2C#N. The third-order valence-corrected chi connectivity index (χ3v) is 8.60. The van der Waals surface area contributed by atoms with Crippen molar-refractivity contribution in [2.24, 2.45) is 0 Å². The highest BCUT2D eigenvalue weighted by Crippen LogP contribution is 2.59. The zero-order chi connectivity index (χ0) is 38.8. The number of nitrogens with zero attached hydrogens (tertiary/aromatic N) is 8. The van der Waals surface area contributed by atoms with Gasteiger partial charge in [-0.3, -0.25) is 0 Å². The van der Waals surface area contributed by atoms with E-state index >= 15 is 0 Å². The number of hydrogen-bond acceptors (Lipinski definition) is 8. The number of hydrogen-bond donors (Lipinski definition) is 0. The molecule has 0 aliphatic heterocycles. The van der Waals surface area contributed by atoms with Crippen molar-refractivity contribution in [3.63, 3.8) is 0 Å². The van der Waals surface area contributed by atoms with Crippen molar-refractivity contribution in [1.29, 1.82) is 42.1 Å². The predicted molar refractivity (Wildman–Crippen MR) is 182 cm³/mol. The summed E-state index contributed by atoms with van der Waals surface area (Å²) < 4.78 is 58.9. The van der Waals surface area contributed by atoms with Gasteiger partial charge in [0.05, 0.1) is 44.5 Å². The van der Waals surface area contributed by atoms with Crippen LogP contribution in [0.15, 0.2) is 106 Å². The van der Waals surface area contributed by atoms with Crippen LogP contribution in [0.2, 0.25) is 0 Å². The van der Waals surface area contributed by atoms with E-state index in [0.29, 0.717) is 12.1 Å². The molecule has 0 spiro atoms. The maximum atomic E-state index is 14.7. The largest absolute Gasteiger partial charge is 0.207 e. The molecule has 0 aromatic heterocycles. The minimum atomic E-state index is -1.08. The highest BCUT2D eigenvalue weighted by atomic mass is 19.1. The van der Waals surface area contributed by atoms with Gasteiger partial charge in [-0.25, -0.2) is 17.6 Å². The van der Waals surface area contributed by atoms with E-state index in [4.69, 9.17) is 0 Å². The Morgan fingerprint density at radius 1 is 0.370 bits per heavy atom. The van der Waals surface area contributed by atoms with Crippen LogP contribution in [0.1, 0.15) is 44.5 Å². The summed E-state index contributed by atoms with van der Waals surface area (Å²) in [6.45, 7) is 0. The van der Waals surface area contributed by atoms with Gasteiger partial charge in [-0.1, -0.05) is 12.1 Å².